The van der Waals surface area contributed by atoms with Crippen molar-refractivity contribution >= 4 is 33.3 Å². The maximum absolute atomic E-state index is 6.09. The highest BCUT2D eigenvalue weighted by molar-refractivity contribution is 9.09. The lowest BCUT2D eigenvalue weighted by atomic mass is 10.3. The predicted octanol–water partition coefficient (Wildman–Crippen LogP) is 2.34. The van der Waals surface area contributed by atoms with Crippen LogP contribution < -0.4 is 4.90 Å². The molecule has 5 heteroatoms. The normalized spacial score (nSPS) is 21.7. The third-order valence-corrected chi connectivity index (χ3v) is 3.37. The molecule has 0 saturated carbocycles. The molecule has 0 aromatic carbocycles. The van der Waals surface area contributed by atoms with Crippen LogP contribution in [0, 0.1) is 0 Å². The highest BCUT2D eigenvalue weighted by Gasteiger charge is 2.21. The predicted molar refractivity (Wildman–Crippen MR) is 65.0 cm³/mol. The summed E-state index contributed by atoms with van der Waals surface area (Å²) >= 11 is 9.52. The molecular formula is C10H12BrClN2O. The summed E-state index contributed by atoms with van der Waals surface area (Å²) in [5.41, 5.74) is 0. The van der Waals surface area contributed by atoms with Gasteiger partial charge in [-0.1, -0.05) is 27.5 Å². The van der Waals surface area contributed by atoms with Crippen molar-refractivity contribution in [1.82, 2.24) is 4.98 Å². The summed E-state index contributed by atoms with van der Waals surface area (Å²) in [6.45, 7) is 2.41. The van der Waals surface area contributed by atoms with Gasteiger partial charge in [0.25, 0.3) is 0 Å². The number of aromatic nitrogens is 1. The van der Waals surface area contributed by atoms with Crippen molar-refractivity contribution < 1.29 is 4.74 Å². The molecule has 1 aliphatic rings. The fourth-order valence-electron chi connectivity index (χ4n) is 1.62. The number of halogens is 2. The van der Waals surface area contributed by atoms with E-state index in [1.807, 2.05) is 12.1 Å². The summed E-state index contributed by atoms with van der Waals surface area (Å²) in [4.78, 5) is 6.46. The Morgan fingerprint density at radius 2 is 2.53 bits per heavy atom. The molecule has 82 valence electrons. The minimum atomic E-state index is 0.219. The minimum Gasteiger partial charge on any atom is -0.374 e. The number of ether oxygens (including phenoxy) is 1. The second-order valence-corrected chi connectivity index (χ2v) is 4.46. The summed E-state index contributed by atoms with van der Waals surface area (Å²) in [5, 5.41) is 1.54. The SMILES string of the molecule is Clc1cccnc1N1CCOC(CBr)C1. The van der Waals surface area contributed by atoms with Gasteiger partial charge in [-0.3, -0.25) is 0 Å². The van der Waals surface area contributed by atoms with Gasteiger partial charge in [0.05, 0.1) is 17.7 Å². The van der Waals surface area contributed by atoms with E-state index >= 15 is 0 Å². The van der Waals surface area contributed by atoms with Crippen molar-refractivity contribution in [2.45, 2.75) is 6.10 Å². The molecule has 2 heterocycles. The molecule has 0 amide bonds. The Kier molecular flexibility index (Phi) is 3.83. The molecule has 1 unspecified atom stereocenters. The largest absolute Gasteiger partial charge is 0.374 e. The summed E-state index contributed by atoms with van der Waals surface area (Å²) in [6, 6.07) is 3.71. The van der Waals surface area contributed by atoms with E-state index < -0.39 is 0 Å². The number of nitrogens with zero attached hydrogens (tertiary/aromatic N) is 2. The zero-order chi connectivity index (χ0) is 10.7. The molecule has 15 heavy (non-hydrogen) atoms. The molecule has 0 bridgehead atoms. The van der Waals surface area contributed by atoms with Crippen LogP contribution in [0.15, 0.2) is 18.3 Å². The molecule has 1 fully saturated rings. The summed E-state index contributed by atoms with van der Waals surface area (Å²) in [6.07, 6.45) is 1.98. The third-order valence-electron chi connectivity index (χ3n) is 2.35. The molecule has 1 saturated heterocycles. The zero-order valence-electron chi connectivity index (χ0n) is 8.20. The number of pyridine rings is 1. The van der Waals surface area contributed by atoms with Gasteiger partial charge in [0, 0.05) is 24.6 Å². The lowest BCUT2D eigenvalue weighted by Crippen LogP contribution is -2.43. The quantitative estimate of drug-likeness (QED) is 0.782. The van der Waals surface area contributed by atoms with Crippen molar-refractivity contribution in [2.75, 3.05) is 29.9 Å². The van der Waals surface area contributed by atoms with Crippen LogP contribution in [-0.2, 0) is 4.74 Å². The van der Waals surface area contributed by atoms with Crippen LogP contribution in [0.2, 0.25) is 5.02 Å². The Morgan fingerprint density at radius 1 is 1.67 bits per heavy atom. The number of rotatable bonds is 2. The summed E-state index contributed by atoms with van der Waals surface area (Å²) < 4.78 is 5.56. The number of hydrogen-bond donors (Lipinski definition) is 0. The Labute approximate surface area is 103 Å². The van der Waals surface area contributed by atoms with Gasteiger partial charge in [0.2, 0.25) is 0 Å². The van der Waals surface area contributed by atoms with Gasteiger partial charge in [-0.05, 0) is 12.1 Å². The second-order valence-electron chi connectivity index (χ2n) is 3.40. The number of morpholine rings is 1. The van der Waals surface area contributed by atoms with Gasteiger partial charge in [-0.15, -0.1) is 0 Å². The molecular weight excluding hydrogens is 279 g/mol. The molecule has 1 aliphatic heterocycles. The van der Waals surface area contributed by atoms with Crippen LogP contribution in [0.1, 0.15) is 0 Å². The summed E-state index contributed by atoms with van der Waals surface area (Å²) in [5.74, 6) is 0.855. The molecule has 3 nitrogen and oxygen atoms in total. The van der Waals surface area contributed by atoms with Gasteiger partial charge in [-0.25, -0.2) is 4.98 Å². The fraction of sp³-hybridized carbons (Fsp3) is 0.500. The smallest absolute Gasteiger partial charge is 0.147 e. The average Bonchev–Trinajstić information content (AvgIpc) is 2.30. The number of hydrogen-bond acceptors (Lipinski definition) is 3. The first-order chi connectivity index (χ1) is 7.31. The van der Waals surface area contributed by atoms with Gasteiger partial charge >= 0.3 is 0 Å². The van der Waals surface area contributed by atoms with Crippen LogP contribution in [-0.4, -0.2) is 36.1 Å². The minimum absolute atomic E-state index is 0.219. The number of anilines is 1. The van der Waals surface area contributed by atoms with Crippen molar-refractivity contribution in [3.8, 4) is 0 Å². The lowest BCUT2D eigenvalue weighted by Gasteiger charge is -2.33. The lowest BCUT2D eigenvalue weighted by molar-refractivity contribution is 0.0568. The first kappa shape index (κ1) is 11.2. The standard InChI is InChI=1S/C10H12BrClN2O/c11-6-8-7-14(4-5-15-8)10-9(12)2-1-3-13-10/h1-3,8H,4-7H2. The Morgan fingerprint density at radius 3 is 3.27 bits per heavy atom. The molecule has 0 N–H and O–H groups in total. The highest BCUT2D eigenvalue weighted by Crippen LogP contribution is 2.24. The molecule has 0 radical (unpaired) electrons. The van der Waals surface area contributed by atoms with Gasteiger partial charge in [-0.2, -0.15) is 0 Å². The summed E-state index contributed by atoms with van der Waals surface area (Å²) in [7, 11) is 0. The maximum atomic E-state index is 6.09. The second kappa shape index (κ2) is 5.14. The molecule has 1 aromatic heterocycles. The first-order valence-corrected chi connectivity index (χ1v) is 6.34. The average molecular weight is 292 g/mol. The van der Waals surface area contributed by atoms with Crippen molar-refractivity contribution in [3.63, 3.8) is 0 Å². The van der Waals surface area contributed by atoms with E-state index in [1.54, 1.807) is 6.20 Å². The van der Waals surface area contributed by atoms with E-state index in [0.29, 0.717) is 5.02 Å². The highest BCUT2D eigenvalue weighted by atomic mass is 79.9. The van der Waals surface area contributed by atoms with E-state index in [9.17, 15) is 0 Å². The van der Waals surface area contributed by atoms with Crippen LogP contribution in [0.4, 0.5) is 5.82 Å². The van der Waals surface area contributed by atoms with Crippen molar-refractivity contribution in [3.05, 3.63) is 23.4 Å². The van der Waals surface area contributed by atoms with Gasteiger partial charge in [0.1, 0.15) is 5.82 Å². The van der Waals surface area contributed by atoms with Crippen molar-refractivity contribution in [1.29, 1.82) is 0 Å². The monoisotopic (exact) mass is 290 g/mol. The Balaban J connectivity index is 2.13. The maximum Gasteiger partial charge on any atom is 0.147 e. The first-order valence-electron chi connectivity index (χ1n) is 4.84. The van der Waals surface area contributed by atoms with Gasteiger partial charge in [0.15, 0.2) is 0 Å². The fourth-order valence-corrected chi connectivity index (χ4v) is 2.25. The van der Waals surface area contributed by atoms with E-state index in [-0.39, 0.29) is 6.10 Å². The third kappa shape index (κ3) is 2.62. The molecule has 0 spiro atoms. The van der Waals surface area contributed by atoms with E-state index in [1.165, 1.54) is 0 Å². The van der Waals surface area contributed by atoms with Crippen LogP contribution >= 0.6 is 27.5 Å². The number of alkyl halides is 1. The topological polar surface area (TPSA) is 25.4 Å². The van der Waals surface area contributed by atoms with Crippen molar-refractivity contribution in [2.24, 2.45) is 0 Å². The van der Waals surface area contributed by atoms with E-state index in [4.69, 9.17) is 16.3 Å². The molecule has 1 atom stereocenters. The van der Waals surface area contributed by atoms with Gasteiger partial charge < -0.3 is 9.64 Å². The molecule has 0 aliphatic carbocycles. The van der Waals surface area contributed by atoms with E-state index in [0.717, 1.165) is 30.8 Å². The Bertz CT molecular complexity index is 337. The molecule has 2 rings (SSSR count). The zero-order valence-corrected chi connectivity index (χ0v) is 10.5. The van der Waals surface area contributed by atoms with Crippen LogP contribution in [0.5, 0.6) is 0 Å². The Hall–Kier alpha value is -0.320. The van der Waals surface area contributed by atoms with E-state index in [2.05, 4.69) is 25.8 Å². The van der Waals surface area contributed by atoms with Crippen LogP contribution in [0.25, 0.3) is 0 Å². The van der Waals surface area contributed by atoms with Crippen LogP contribution in [0.3, 0.4) is 0 Å². The molecule has 1 aromatic rings.